The van der Waals surface area contributed by atoms with Crippen molar-refractivity contribution in [3.05, 3.63) is 35.4 Å². The molecule has 1 fully saturated rings. The Morgan fingerprint density at radius 3 is 2.43 bits per heavy atom. The monoisotopic (exact) mass is 289 g/mol. The number of carbonyl (C=O) groups is 1. The molecule has 0 spiro atoms. The van der Waals surface area contributed by atoms with Crippen LogP contribution in [0.5, 0.6) is 0 Å². The summed E-state index contributed by atoms with van der Waals surface area (Å²) >= 11 is 0. The normalized spacial score (nSPS) is 22.1. The van der Waals surface area contributed by atoms with E-state index in [1.165, 1.54) is 44.9 Å². The first kappa shape index (κ1) is 16.0. The Labute approximate surface area is 127 Å². The Kier molecular flexibility index (Phi) is 6.24. The fraction of sp³-hybridized carbons (Fsp3) is 0.611. The van der Waals surface area contributed by atoms with Gasteiger partial charge in [0.15, 0.2) is 0 Å². The Balaban J connectivity index is 1.70. The van der Waals surface area contributed by atoms with Crippen LogP contribution >= 0.6 is 0 Å². The molecular weight excluding hydrogens is 262 g/mol. The van der Waals surface area contributed by atoms with E-state index in [0.29, 0.717) is 11.6 Å². The maximum Gasteiger partial charge on any atom is 0.335 e. The van der Waals surface area contributed by atoms with Crippen LogP contribution in [0.3, 0.4) is 0 Å². The number of carboxylic acid groups (broad SMARTS) is 1. The third-order valence-electron chi connectivity index (χ3n) is 4.61. The third-order valence-corrected chi connectivity index (χ3v) is 4.61. The quantitative estimate of drug-likeness (QED) is 0.790. The average Bonchev–Trinajstić information content (AvgIpc) is 2.52. The molecule has 2 N–H and O–H groups in total. The van der Waals surface area contributed by atoms with E-state index in [2.05, 4.69) is 12.2 Å². The Bertz CT molecular complexity index is 433. The van der Waals surface area contributed by atoms with E-state index in [1.807, 2.05) is 12.1 Å². The molecule has 0 atom stereocenters. The van der Waals surface area contributed by atoms with E-state index in [0.717, 1.165) is 18.0 Å². The second-order valence-corrected chi connectivity index (χ2v) is 6.24. The molecule has 1 aromatic rings. The number of hydrogen-bond donors (Lipinski definition) is 2. The molecule has 116 valence electrons. The summed E-state index contributed by atoms with van der Waals surface area (Å²) in [5.74, 6) is 0.0813. The summed E-state index contributed by atoms with van der Waals surface area (Å²) in [5.41, 5.74) is 1.52. The van der Waals surface area contributed by atoms with Crippen LogP contribution in [-0.4, -0.2) is 17.1 Å². The molecule has 0 aliphatic heterocycles. The highest BCUT2D eigenvalue weighted by molar-refractivity contribution is 5.87. The van der Waals surface area contributed by atoms with Gasteiger partial charge in [-0.1, -0.05) is 38.3 Å². The molecule has 0 bridgehead atoms. The molecule has 21 heavy (non-hydrogen) atoms. The van der Waals surface area contributed by atoms with Gasteiger partial charge in [0, 0.05) is 12.6 Å². The largest absolute Gasteiger partial charge is 0.478 e. The van der Waals surface area contributed by atoms with Gasteiger partial charge in [-0.25, -0.2) is 4.79 Å². The van der Waals surface area contributed by atoms with E-state index >= 15 is 0 Å². The van der Waals surface area contributed by atoms with Crippen LogP contribution in [0.4, 0.5) is 0 Å². The number of rotatable bonds is 7. The third kappa shape index (κ3) is 5.16. The lowest BCUT2D eigenvalue weighted by atomic mass is 9.83. The van der Waals surface area contributed by atoms with Crippen LogP contribution in [0, 0.1) is 5.92 Å². The number of hydrogen-bond acceptors (Lipinski definition) is 2. The molecule has 1 saturated carbocycles. The minimum atomic E-state index is -0.861. The number of aromatic carboxylic acids is 1. The first-order chi connectivity index (χ1) is 10.2. The van der Waals surface area contributed by atoms with Crippen molar-refractivity contribution in [3.8, 4) is 0 Å². The topological polar surface area (TPSA) is 49.3 Å². The predicted molar refractivity (Wildman–Crippen MR) is 85.5 cm³/mol. The summed E-state index contributed by atoms with van der Waals surface area (Å²) in [7, 11) is 0. The smallest absolute Gasteiger partial charge is 0.335 e. The Morgan fingerprint density at radius 1 is 1.19 bits per heavy atom. The van der Waals surface area contributed by atoms with Crippen LogP contribution in [0.15, 0.2) is 24.3 Å². The number of unbranched alkanes of at least 4 members (excludes halogenated alkanes) is 1. The van der Waals surface area contributed by atoms with Crippen LogP contribution < -0.4 is 5.32 Å². The molecule has 0 unspecified atom stereocenters. The molecule has 3 heteroatoms. The first-order valence-corrected chi connectivity index (χ1v) is 8.24. The van der Waals surface area contributed by atoms with E-state index in [-0.39, 0.29) is 0 Å². The zero-order chi connectivity index (χ0) is 15.1. The lowest BCUT2D eigenvalue weighted by Crippen LogP contribution is -2.32. The SMILES string of the molecule is CCCCC1CCC(NCc2ccc(C(=O)O)cc2)CC1. The van der Waals surface area contributed by atoms with Crippen LogP contribution in [0.1, 0.15) is 67.8 Å². The summed E-state index contributed by atoms with van der Waals surface area (Å²) < 4.78 is 0. The number of benzene rings is 1. The van der Waals surface area contributed by atoms with Crippen molar-refractivity contribution < 1.29 is 9.90 Å². The van der Waals surface area contributed by atoms with Crippen molar-refractivity contribution in [2.24, 2.45) is 5.92 Å². The van der Waals surface area contributed by atoms with Gasteiger partial charge in [0.2, 0.25) is 0 Å². The molecule has 2 rings (SSSR count). The zero-order valence-corrected chi connectivity index (χ0v) is 13.0. The Hall–Kier alpha value is -1.35. The highest BCUT2D eigenvalue weighted by Crippen LogP contribution is 2.28. The molecule has 0 heterocycles. The van der Waals surface area contributed by atoms with Crippen molar-refractivity contribution >= 4 is 5.97 Å². The molecule has 1 aromatic carbocycles. The van der Waals surface area contributed by atoms with Crippen molar-refractivity contribution in [1.29, 1.82) is 0 Å². The minimum Gasteiger partial charge on any atom is -0.478 e. The van der Waals surface area contributed by atoms with Gasteiger partial charge in [0.1, 0.15) is 0 Å². The van der Waals surface area contributed by atoms with Gasteiger partial charge in [-0.3, -0.25) is 0 Å². The lowest BCUT2D eigenvalue weighted by molar-refractivity contribution is 0.0697. The van der Waals surface area contributed by atoms with E-state index in [4.69, 9.17) is 5.11 Å². The van der Waals surface area contributed by atoms with E-state index in [9.17, 15) is 4.79 Å². The van der Waals surface area contributed by atoms with Crippen LogP contribution in [-0.2, 0) is 6.54 Å². The molecule has 0 amide bonds. The number of carboxylic acids is 1. The van der Waals surface area contributed by atoms with Crippen molar-refractivity contribution in [1.82, 2.24) is 5.32 Å². The summed E-state index contributed by atoms with van der Waals surface area (Å²) in [5, 5.41) is 12.5. The van der Waals surface area contributed by atoms with Gasteiger partial charge in [-0.05, 0) is 49.3 Å². The lowest BCUT2D eigenvalue weighted by Gasteiger charge is -2.29. The van der Waals surface area contributed by atoms with Crippen LogP contribution in [0.25, 0.3) is 0 Å². The van der Waals surface area contributed by atoms with Gasteiger partial charge in [0.05, 0.1) is 5.56 Å². The summed E-state index contributed by atoms with van der Waals surface area (Å²) in [6.07, 6.45) is 9.36. The van der Waals surface area contributed by atoms with Crippen molar-refractivity contribution in [3.63, 3.8) is 0 Å². The molecule has 0 aromatic heterocycles. The van der Waals surface area contributed by atoms with Crippen LogP contribution in [0.2, 0.25) is 0 Å². The fourth-order valence-electron chi connectivity index (χ4n) is 3.18. The average molecular weight is 289 g/mol. The van der Waals surface area contributed by atoms with Gasteiger partial charge in [-0.15, -0.1) is 0 Å². The first-order valence-electron chi connectivity index (χ1n) is 8.24. The number of nitrogens with one attached hydrogen (secondary N) is 1. The summed E-state index contributed by atoms with van der Waals surface area (Å²) in [6.45, 7) is 3.10. The van der Waals surface area contributed by atoms with E-state index in [1.54, 1.807) is 12.1 Å². The molecule has 0 radical (unpaired) electrons. The van der Waals surface area contributed by atoms with Crippen molar-refractivity contribution in [2.45, 2.75) is 64.5 Å². The predicted octanol–water partition coefficient (Wildman–Crippen LogP) is 4.22. The van der Waals surface area contributed by atoms with Gasteiger partial charge >= 0.3 is 5.97 Å². The minimum absolute atomic E-state index is 0.357. The van der Waals surface area contributed by atoms with Gasteiger partial charge < -0.3 is 10.4 Å². The maximum atomic E-state index is 10.8. The molecular formula is C18H27NO2. The summed E-state index contributed by atoms with van der Waals surface area (Å²) in [4.78, 5) is 10.8. The van der Waals surface area contributed by atoms with Gasteiger partial charge in [-0.2, -0.15) is 0 Å². The standard InChI is InChI=1S/C18H27NO2/c1-2-3-4-14-7-11-17(12-8-14)19-13-15-5-9-16(10-6-15)18(20)21/h5-6,9-10,14,17,19H,2-4,7-8,11-13H2,1H3,(H,20,21). The molecule has 1 aliphatic rings. The second kappa shape index (κ2) is 8.18. The molecule has 1 aliphatic carbocycles. The highest BCUT2D eigenvalue weighted by atomic mass is 16.4. The van der Waals surface area contributed by atoms with Gasteiger partial charge in [0.25, 0.3) is 0 Å². The highest BCUT2D eigenvalue weighted by Gasteiger charge is 2.20. The zero-order valence-electron chi connectivity index (χ0n) is 13.0. The molecule has 0 saturated heterocycles. The maximum absolute atomic E-state index is 10.8. The Morgan fingerprint density at radius 2 is 1.86 bits per heavy atom. The second-order valence-electron chi connectivity index (χ2n) is 6.24. The van der Waals surface area contributed by atoms with Crippen molar-refractivity contribution in [2.75, 3.05) is 0 Å². The fourth-order valence-corrected chi connectivity index (χ4v) is 3.18. The summed E-state index contributed by atoms with van der Waals surface area (Å²) in [6, 6.07) is 7.80. The van der Waals surface area contributed by atoms with E-state index < -0.39 is 5.97 Å². The molecule has 3 nitrogen and oxygen atoms in total.